The number of halogens is 1. The molecule has 20 heavy (non-hydrogen) atoms. The molecule has 0 aromatic heterocycles. The fraction of sp³-hybridized carbons (Fsp3) is 0.562. The molecule has 2 heterocycles. The fourth-order valence-corrected chi connectivity index (χ4v) is 4.17. The second kappa shape index (κ2) is 5.38. The summed E-state index contributed by atoms with van der Waals surface area (Å²) >= 11 is 5.98. The monoisotopic (exact) mass is 292 g/mol. The lowest BCUT2D eigenvalue weighted by Gasteiger charge is -2.42. The van der Waals surface area contributed by atoms with Gasteiger partial charge in [0, 0.05) is 24.2 Å². The van der Waals surface area contributed by atoms with Crippen molar-refractivity contribution in [3.63, 3.8) is 0 Å². The van der Waals surface area contributed by atoms with Crippen LogP contribution in [0.2, 0.25) is 5.02 Å². The van der Waals surface area contributed by atoms with Crippen molar-refractivity contribution in [1.82, 2.24) is 10.2 Å². The van der Waals surface area contributed by atoms with E-state index < -0.39 is 0 Å². The molecule has 3 nitrogen and oxygen atoms in total. The zero-order valence-corrected chi connectivity index (χ0v) is 12.7. The Kier molecular flexibility index (Phi) is 3.74. The predicted molar refractivity (Wildman–Crippen MR) is 80.9 cm³/mol. The van der Waals surface area contributed by atoms with E-state index in [-0.39, 0.29) is 11.8 Å². The summed E-state index contributed by atoms with van der Waals surface area (Å²) in [5.41, 5.74) is 1.24. The van der Waals surface area contributed by atoms with Gasteiger partial charge in [0.25, 0.3) is 0 Å². The number of carbonyl (C=O) groups is 1. The van der Waals surface area contributed by atoms with Crippen molar-refractivity contribution in [2.75, 3.05) is 14.1 Å². The fourth-order valence-electron chi connectivity index (χ4n) is 4.04. The molecule has 2 aliphatic rings. The van der Waals surface area contributed by atoms with Crippen LogP contribution in [-0.2, 0) is 4.79 Å². The highest BCUT2D eigenvalue weighted by Crippen LogP contribution is 2.46. The number of hydrogen-bond acceptors (Lipinski definition) is 2. The molecule has 4 atom stereocenters. The zero-order valence-electron chi connectivity index (χ0n) is 12.0. The van der Waals surface area contributed by atoms with Crippen molar-refractivity contribution >= 4 is 17.5 Å². The van der Waals surface area contributed by atoms with Crippen molar-refractivity contribution in [2.45, 2.75) is 37.3 Å². The molecule has 2 bridgehead atoms. The minimum absolute atomic E-state index is 0.0462. The molecule has 4 heteroatoms. The number of piperidine rings is 1. The molecule has 3 rings (SSSR count). The van der Waals surface area contributed by atoms with E-state index in [4.69, 9.17) is 11.6 Å². The maximum absolute atomic E-state index is 12.4. The Morgan fingerprint density at radius 2 is 2.00 bits per heavy atom. The Morgan fingerprint density at radius 3 is 2.65 bits per heavy atom. The highest BCUT2D eigenvalue weighted by molar-refractivity contribution is 6.30. The molecule has 2 saturated heterocycles. The lowest BCUT2D eigenvalue weighted by atomic mass is 9.75. The van der Waals surface area contributed by atoms with Gasteiger partial charge in [-0.15, -0.1) is 0 Å². The average molecular weight is 293 g/mol. The predicted octanol–water partition coefficient (Wildman–Crippen LogP) is 2.65. The molecule has 0 aliphatic carbocycles. The van der Waals surface area contributed by atoms with Crippen LogP contribution in [0.1, 0.15) is 30.7 Å². The Hall–Kier alpha value is -1.06. The van der Waals surface area contributed by atoms with Gasteiger partial charge in [-0.2, -0.15) is 0 Å². The van der Waals surface area contributed by atoms with E-state index in [1.807, 2.05) is 12.1 Å². The van der Waals surface area contributed by atoms with Crippen molar-refractivity contribution in [2.24, 2.45) is 5.92 Å². The maximum Gasteiger partial charge on any atom is 0.225 e. The van der Waals surface area contributed by atoms with Crippen molar-refractivity contribution in [1.29, 1.82) is 0 Å². The van der Waals surface area contributed by atoms with Gasteiger partial charge >= 0.3 is 0 Å². The number of carbonyl (C=O) groups excluding carboxylic acids is 1. The Balaban J connectivity index is 1.95. The van der Waals surface area contributed by atoms with Gasteiger partial charge in [0.05, 0.1) is 5.92 Å². The average Bonchev–Trinajstić information content (AvgIpc) is 2.70. The van der Waals surface area contributed by atoms with Gasteiger partial charge in [0.15, 0.2) is 0 Å². The summed E-state index contributed by atoms with van der Waals surface area (Å²) in [6, 6.07) is 8.99. The van der Waals surface area contributed by atoms with Crippen molar-refractivity contribution in [3.05, 3.63) is 34.9 Å². The molecule has 108 valence electrons. The summed E-state index contributed by atoms with van der Waals surface area (Å²) in [6.45, 7) is 0. The van der Waals surface area contributed by atoms with Crippen LogP contribution in [0.5, 0.6) is 0 Å². The van der Waals surface area contributed by atoms with Crippen molar-refractivity contribution < 1.29 is 4.79 Å². The number of benzene rings is 1. The topological polar surface area (TPSA) is 32.3 Å². The third-order valence-corrected chi connectivity index (χ3v) is 5.37. The third-order valence-electron chi connectivity index (χ3n) is 5.12. The van der Waals surface area contributed by atoms with Gasteiger partial charge in [-0.25, -0.2) is 0 Å². The minimum atomic E-state index is 0.0462. The molecule has 2 fully saturated rings. The number of fused-ring (bicyclic) bond motifs is 2. The Labute approximate surface area is 125 Å². The molecule has 1 N–H and O–H groups in total. The van der Waals surface area contributed by atoms with E-state index in [2.05, 4.69) is 29.4 Å². The van der Waals surface area contributed by atoms with E-state index in [0.717, 1.165) is 17.9 Å². The lowest BCUT2D eigenvalue weighted by molar-refractivity contribution is -0.128. The minimum Gasteiger partial charge on any atom is -0.359 e. The first kappa shape index (κ1) is 13.9. The van der Waals surface area contributed by atoms with Gasteiger partial charge in [-0.05, 0) is 49.9 Å². The Morgan fingerprint density at radius 1 is 1.30 bits per heavy atom. The van der Waals surface area contributed by atoms with Crippen LogP contribution in [0.4, 0.5) is 0 Å². The first-order valence-electron chi connectivity index (χ1n) is 7.31. The molecule has 2 aliphatic heterocycles. The molecule has 1 unspecified atom stereocenters. The number of rotatable bonds is 2. The summed E-state index contributed by atoms with van der Waals surface area (Å²) in [5.74, 6) is 0.521. The van der Waals surface area contributed by atoms with Crippen LogP contribution in [-0.4, -0.2) is 37.0 Å². The second-order valence-corrected chi connectivity index (χ2v) is 6.43. The number of nitrogens with zero attached hydrogens (tertiary/aromatic N) is 1. The molecule has 1 amide bonds. The van der Waals surface area contributed by atoms with Gasteiger partial charge in [-0.1, -0.05) is 23.7 Å². The maximum atomic E-state index is 12.4. The highest BCUT2D eigenvalue weighted by Gasteiger charge is 2.48. The lowest BCUT2D eigenvalue weighted by Crippen LogP contribution is -2.51. The van der Waals surface area contributed by atoms with E-state index in [1.54, 1.807) is 7.05 Å². The molecule has 0 spiro atoms. The van der Waals surface area contributed by atoms with Gasteiger partial charge < -0.3 is 5.32 Å². The quantitative estimate of drug-likeness (QED) is 0.909. The number of nitrogens with one attached hydrogen (secondary N) is 1. The summed E-state index contributed by atoms with van der Waals surface area (Å²) in [4.78, 5) is 14.8. The number of amides is 1. The van der Waals surface area contributed by atoms with E-state index in [1.165, 1.54) is 12.0 Å². The van der Waals surface area contributed by atoms with E-state index >= 15 is 0 Å². The molecule has 0 radical (unpaired) electrons. The van der Waals surface area contributed by atoms with Crippen LogP contribution >= 0.6 is 11.6 Å². The highest BCUT2D eigenvalue weighted by atomic mass is 35.5. The van der Waals surface area contributed by atoms with Crippen molar-refractivity contribution in [3.8, 4) is 0 Å². The van der Waals surface area contributed by atoms with Gasteiger partial charge in [-0.3, -0.25) is 9.69 Å². The number of hydrogen-bond donors (Lipinski definition) is 1. The standard InChI is InChI=1S/C16H21ClN2O/c1-18-16(20)15-13(10-3-5-11(17)6-4-10)9-12-7-8-14(15)19(12)2/h3-6,12-15H,7-9H2,1-2H3,(H,18,20)/t12-,13-,14?,15+/m1/s1. The van der Waals surface area contributed by atoms with Crippen LogP contribution in [0.25, 0.3) is 0 Å². The van der Waals surface area contributed by atoms with Crippen LogP contribution in [0, 0.1) is 5.92 Å². The Bertz CT molecular complexity index is 502. The van der Waals surface area contributed by atoms with Gasteiger partial charge in [0.1, 0.15) is 0 Å². The zero-order chi connectivity index (χ0) is 14.3. The molecular weight excluding hydrogens is 272 g/mol. The summed E-state index contributed by atoms with van der Waals surface area (Å²) < 4.78 is 0. The third kappa shape index (κ3) is 2.23. The molecule has 1 aromatic carbocycles. The molecule has 0 saturated carbocycles. The first-order valence-corrected chi connectivity index (χ1v) is 7.68. The molecule has 1 aromatic rings. The normalized spacial score (nSPS) is 33.1. The van der Waals surface area contributed by atoms with Crippen LogP contribution < -0.4 is 5.32 Å². The largest absolute Gasteiger partial charge is 0.359 e. The summed E-state index contributed by atoms with van der Waals surface area (Å²) in [6.07, 6.45) is 3.40. The van der Waals surface area contributed by atoms with Gasteiger partial charge in [0.2, 0.25) is 5.91 Å². The summed E-state index contributed by atoms with van der Waals surface area (Å²) in [5, 5.41) is 3.61. The SMILES string of the molecule is CNC(=O)[C@@H]1C2CC[C@H](C[C@@H]1c1ccc(Cl)cc1)N2C. The van der Waals surface area contributed by atoms with E-state index in [9.17, 15) is 4.79 Å². The van der Waals surface area contributed by atoms with Crippen LogP contribution in [0.15, 0.2) is 24.3 Å². The van der Waals surface area contributed by atoms with Crippen LogP contribution in [0.3, 0.4) is 0 Å². The van der Waals surface area contributed by atoms with E-state index in [0.29, 0.717) is 18.0 Å². The molecular formula is C16H21ClN2O. The summed E-state index contributed by atoms with van der Waals surface area (Å²) in [7, 11) is 3.90. The smallest absolute Gasteiger partial charge is 0.225 e. The first-order chi connectivity index (χ1) is 9.61. The second-order valence-electron chi connectivity index (χ2n) is 6.00.